The summed E-state index contributed by atoms with van der Waals surface area (Å²) in [6.45, 7) is 2.42. The molecule has 0 bridgehead atoms. The van der Waals surface area contributed by atoms with E-state index in [1.807, 2.05) is 0 Å². The summed E-state index contributed by atoms with van der Waals surface area (Å²) < 4.78 is 46.1. The molecule has 19 heavy (non-hydrogen) atoms. The Balaban J connectivity index is 2.31. The minimum absolute atomic E-state index is 0.0342. The van der Waals surface area contributed by atoms with Crippen molar-refractivity contribution in [3.05, 3.63) is 41.7 Å². The van der Waals surface area contributed by atoms with Gasteiger partial charge in [-0.3, -0.25) is 0 Å². The van der Waals surface area contributed by atoms with Gasteiger partial charge in [0.1, 0.15) is 0 Å². The predicted molar refractivity (Wildman–Crippen MR) is 68.8 cm³/mol. The summed E-state index contributed by atoms with van der Waals surface area (Å²) >= 11 is 0. The van der Waals surface area contributed by atoms with Crippen LogP contribution in [0.2, 0.25) is 0 Å². The molecule has 4 heteroatoms. The normalized spacial score (nSPS) is 10.9. The molecule has 2 aromatic rings. The lowest BCUT2D eigenvalue weighted by molar-refractivity contribution is 0.292. The highest BCUT2D eigenvalue weighted by molar-refractivity contribution is 5.85. The molecule has 0 amide bonds. The second-order valence-corrected chi connectivity index (χ2v) is 4.39. The minimum atomic E-state index is -1.17. The number of benzene rings is 2. The molecule has 1 nitrogen and oxygen atoms in total. The molecule has 102 valence electrons. The van der Waals surface area contributed by atoms with Gasteiger partial charge in [-0.25, -0.2) is 13.2 Å². The number of unbranched alkanes of at least 4 members (excludes halogenated alkanes) is 2. The highest BCUT2D eigenvalue weighted by atomic mass is 19.2. The third-order valence-corrected chi connectivity index (χ3v) is 2.98. The van der Waals surface area contributed by atoms with Gasteiger partial charge in [0.15, 0.2) is 23.2 Å². The average molecular weight is 268 g/mol. The van der Waals surface area contributed by atoms with Gasteiger partial charge < -0.3 is 4.74 Å². The molecule has 0 atom stereocenters. The highest BCUT2D eigenvalue weighted by Gasteiger charge is 2.15. The van der Waals surface area contributed by atoms with Crippen LogP contribution >= 0.6 is 0 Å². The van der Waals surface area contributed by atoms with Crippen molar-refractivity contribution >= 4 is 10.8 Å². The number of hydrogen-bond acceptors (Lipinski definition) is 1. The van der Waals surface area contributed by atoms with E-state index in [0.29, 0.717) is 12.0 Å². The number of halogens is 3. The van der Waals surface area contributed by atoms with Gasteiger partial charge in [0.05, 0.1) is 12.0 Å². The van der Waals surface area contributed by atoms with Crippen LogP contribution < -0.4 is 4.74 Å². The number of fused-ring (bicyclic) bond motifs is 1. The number of hydrogen-bond donors (Lipinski definition) is 0. The Kier molecular flexibility index (Phi) is 4.30. The van der Waals surface area contributed by atoms with Crippen molar-refractivity contribution in [2.45, 2.75) is 26.2 Å². The molecule has 2 aromatic carbocycles. The fourth-order valence-corrected chi connectivity index (χ4v) is 1.94. The molecule has 0 saturated carbocycles. The Labute approximate surface area is 110 Å². The molecular weight excluding hydrogens is 253 g/mol. The molecule has 0 spiro atoms. The quantitative estimate of drug-likeness (QED) is 0.706. The van der Waals surface area contributed by atoms with Crippen molar-refractivity contribution in [2.75, 3.05) is 6.61 Å². The monoisotopic (exact) mass is 268 g/mol. The highest BCUT2D eigenvalue weighted by Crippen LogP contribution is 2.29. The standard InChI is InChI=1S/C15H15F3O/c1-2-3-4-9-19-12-8-6-10-5-7-11(16)14(17)13(10)15(12)18/h5-8H,2-4,9H2,1H3. The Bertz CT molecular complexity index is 581. The zero-order chi connectivity index (χ0) is 13.8. The molecule has 0 N–H and O–H groups in total. The molecular formula is C15H15F3O. The van der Waals surface area contributed by atoms with Gasteiger partial charge in [-0.05, 0) is 23.9 Å². The molecule has 0 saturated heterocycles. The smallest absolute Gasteiger partial charge is 0.175 e. The summed E-state index contributed by atoms with van der Waals surface area (Å²) in [7, 11) is 0. The molecule has 0 aromatic heterocycles. The lowest BCUT2D eigenvalue weighted by Crippen LogP contribution is -2.00. The van der Waals surface area contributed by atoms with E-state index in [9.17, 15) is 13.2 Å². The molecule has 0 heterocycles. The maximum atomic E-state index is 14.1. The Morgan fingerprint density at radius 3 is 2.42 bits per heavy atom. The Morgan fingerprint density at radius 1 is 0.947 bits per heavy atom. The van der Waals surface area contributed by atoms with E-state index in [1.54, 1.807) is 0 Å². The van der Waals surface area contributed by atoms with Gasteiger partial charge in [0.2, 0.25) is 0 Å². The second-order valence-electron chi connectivity index (χ2n) is 4.39. The fraction of sp³-hybridized carbons (Fsp3) is 0.333. The van der Waals surface area contributed by atoms with E-state index >= 15 is 0 Å². The third kappa shape index (κ3) is 2.83. The van der Waals surface area contributed by atoms with Gasteiger partial charge in [0.25, 0.3) is 0 Å². The zero-order valence-corrected chi connectivity index (χ0v) is 10.7. The van der Waals surface area contributed by atoms with E-state index < -0.39 is 17.5 Å². The first kappa shape index (κ1) is 13.7. The molecule has 0 aliphatic carbocycles. The van der Waals surface area contributed by atoms with Crippen molar-refractivity contribution in [3.8, 4) is 5.75 Å². The molecule has 0 radical (unpaired) electrons. The van der Waals surface area contributed by atoms with Gasteiger partial charge in [0, 0.05) is 0 Å². The van der Waals surface area contributed by atoms with Crippen LogP contribution in [0.4, 0.5) is 13.2 Å². The SMILES string of the molecule is CCCCCOc1ccc2ccc(F)c(F)c2c1F. The van der Waals surface area contributed by atoms with Crippen LogP contribution in [0.25, 0.3) is 10.8 Å². The van der Waals surface area contributed by atoms with E-state index in [1.165, 1.54) is 18.2 Å². The molecule has 0 fully saturated rings. The van der Waals surface area contributed by atoms with Crippen molar-refractivity contribution in [1.29, 1.82) is 0 Å². The van der Waals surface area contributed by atoms with E-state index in [2.05, 4.69) is 6.92 Å². The lowest BCUT2D eigenvalue weighted by Gasteiger charge is -2.09. The topological polar surface area (TPSA) is 9.23 Å². The van der Waals surface area contributed by atoms with Crippen LogP contribution in [0.3, 0.4) is 0 Å². The van der Waals surface area contributed by atoms with Crippen LogP contribution in [-0.2, 0) is 0 Å². The average Bonchev–Trinajstić information content (AvgIpc) is 2.41. The second kappa shape index (κ2) is 5.95. The first-order chi connectivity index (χ1) is 9.15. The van der Waals surface area contributed by atoms with Crippen LogP contribution in [0, 0.1) is 17.5 Å². The van der Waals surface area contributed by atoms with Crippen molar-refractivity contribution in [2.24, 2.45) is 0 Å². The van der Waals surface area contributed by atoms with Crippen LogP contribution in [0.1, 0.15) is 26.2 Å². The van der Waals surface area contributed by atoms with Crippen LogP contribution in [0.5, 0.6) is 5.75 Å². The van der Waals surface area contributed by atoms with Crippen molar-refractivity contribution < 1.29 is 17.9 Å². The molecule has 0 aliphatic rings. The summed E-state index contributed by atoms with van der Waals surface area (Å²) in [6.07, 6.45) is 2.82. The van der Waals surface area contributed by atoms with E-state index in [4.69, 9.17) is 4.74 Å². The van der Waals surface area contributed by atoms with E-state index in [-0.39, 0.29) is 11.1 Å². The molecule has 0 unspecified atom stereocenters. The zero-order valence-electron chi connectivity index (χ0n) is 10.7. The van der Waals surface area contributed by atoms with Crippen LogP contribution in [0.15, 0.2) is 24.3 Å². The number of ether oxygens (including phenoxy) is 1. The molecule has 2 rings (SSSR count). The first-order valence-corrected chi connectivity index (χ1v) is 6.34. The van der Waals surface area contributed by atoms with E-state index in [0.717, 1.165) is 25.3 Å². The van der Waals surface area contributed by atoms with Crippen molar-refractivity contribution in [1.82, 2.24) is 0 Å². The van der Waals surface area contributed by atoms with Gasteiger partial charge in [-0.15, -0.1) is 0 Å². The summed E-state index contributed by atoms with van der Waals surface area (Å²) in [6, 6.07) is 5.30. The maximum absolute atomic E-state index is 14.1. The third-order valence-electron chi connectivity index (χ3n) is 2.98. The largest absolute Gasteiger partial charge is 0.490 e. The minimum Gasteiger partial charge on any atom is -0.490 e. The van der Waals surface area contributed by atoms with Gasteiger partial charge in [-0.2, -0.15) is 0 Å². The first-order valence-electron chi connectivity index (χ1n) is 6.34. The van der Waals surface area contributed by atoms with Crippen LogP contribution in [-0.4, -0.2) is 6.61 Å². The maximum Gasteiger partial charge on any atom is 0.175 e. The predicted octanol–water partition coefficient (Wildman–Crippen LogP) is 4.83. The summed E-state index contributed by atoms with van der Waals surface area (Å²) in [5.74, 6) is -3.11. The number of rotatable bonds is 5. The summed E-state index contributed by atoms with van der Waals surface area (Å²) in [5, 5.41) is -0.0368. The van der Waals surface area contributed by atoms with Crippen molar-refractivity contribution in [3.63, 3.8) is 0 Å². The molecule has 0 aliphatic heterocycles. The fourth-order valence-electron chi connectivity index (χ4n) is 1.94. The Morgan fingerprint density at radius 2 is 1.68 bits per heavy atom. The van der Waals surface area contributed by atoms with Gasteiger partial charge in [-0.1, -0.05) is 31.9 Å². The Hall–Kier alpha value is -1.71. The summed E-state index contributed by atoms with van der Waals surface area (Å²) in [5.41, 5.74) is 0. The lowest BCUT2D eigenvalue weighted by atomic mass is 10.1. The van der Waals surface area contributed by atoms with Gasteiger partial charge >= 0.3 is 0 Å². The summed E-state index contributed by atoms with van der Waals surface area (Å²) in [4.78, 5) is 0.